The zero-order valence-electron chi connectivity index (χ0n) is 9.75. The van der Waals surface area contributed by atoms with E-state index in [2.05, 4.69) is 4.72 Å². The van der Waals surface area contributed by atoms with Crippen molar-refractivity contribution >= 4 is 10.0 Å². The zero-order chi connectivity index (χ0) is 11.5. The van der Waals surface area contributed by atoms with Crippen LogP contribution < -0.4 is 4.72 Å². The first kappa shape index (κ1) is 12.9. The van der Waals surface area contributed by atoms with Crippen LogP contribution >= 0.6 is 0 Å². The molecule has 0 aliphatic heterocycles. The average Bonchev–Trinajstić information content (AvgIpc) is 2.93. The van der Waals surface area contributed by atoms with E-state index in [1.807, 2.05) is 0 Å². The first-order valence-electron chi connectivity index (χ1n) is 5.39. The highest BCUT2D eigenvalue weighted by molar-refractivity contribution is 7.90. The number of ether oxygens (including phenoxy) is 1. The quantitative estimate of drug-likeness (QED) is 0.719. The van der Waals surface area contributed by atoms with Gasteiger partial charge in [0.05, 0.1) is 5.25 Å². The van der Waals surface area contributed by atoms with Crippen LogP contribution in [0.1, 0.15) is 33.1 Å². The topological polar surface area (TPSA) is 55.4 Å². The molecular formula is C10H21NO3S. The van der Waals surface area contributed by atoms with Crippen LogP contribution in [0.15, 0.2) is 0 Å². The van der Waals surface area contributed by atoms with Gasteiger partial charge in [-0.15, -0.1) is 0 Å². The van der Waals surface area contributed by atoms with E-state index in [-0.39, 0.29) is 10.7 Å². The molecule has 0 spiro atoms. The van der Waals surface area contributed by atoms with Crippen molar-refractivity contribution in [2.45, 2.75) is 38.4 Å². The molecule has 90 valence electrons. The van der Waals surface area contributed by atoms with Crippen LogP contribution in [0.2, 0.25) is 0 Å². The summed E-state index contributed by atoms with van der Waals surface area (Å²) in [5.74, 6) is 0. The summed E-state index contributed by atoms with van der Waals surface area (Å²) in [7, 11) is -1.43. The van der Waals surface area contributed by atoms with Gasteiger partial charge in [0.15, 0.2) is 0 Å². The molecule has 0 amide bonds. The Bertz CT molecular complexity index is 294. The fraction of sp³-hybridized carbons (Fsp3) is 1.00. The predicted octanol–water partition coefficient (Wildman–Crippen LogP) is 1.13. The first-order valence-corrected chi connectivity index (χ1v) is 6.94. The van der Waals surface area contributed by atoms with Gasteiger partial charge in [0.1, 0.15) is 0 Å². The summed E-state index contributed by atoms with van der Waals surface area (Å²) in [6.45, 7) is 4.66. The Morgan fingerprint density at radius 2 is 2.00 bits per heavy atom. The Labute approximate surface area is 92.4 Å². The zero-order valence-corrected chi connectivity index (χ0v) is 10.6. The van der Waals surface area contributed by atoms with Gasteiger partial charge in [-0.3, -0.25) is 0 Å². The van der Waals surface area contributed by atoms with Crippen LogP contribution in [0, 0.1) is 5.41 Å². The van der Waals surface area contributed by atoms with Crippen molar-refractivity contribution in [3.05, 3.63) is 0 Å². The van der Waals surface area contributed by atoms with Gasteiger partial charge in [0.2, 0.25) is 10.0 Å². The van der Waals surface area contributed by atoms with E-state index in [9.17, 15) is 8.42 Å². The van der Waals surface area contributed by atoms with Crippen LogP contribution in [-0.4, -0.2) is 33.9 Å². The summed E-state index contributed by atoms with van der Waals surface area (Å²) in [4.78, 5) is 0. The summed E-state index contributed by atoms with van der Waals surface area (Å²) in [5.41, 5.74) is 0.179. The van der Waals surface area contributed by atoms with Crippen molar-refractivity contribution in [1.29, 1.82) is 0 Å². The van der Waals surface area contributed by atoms with Gasteiger partial charge in [0.25, 0.3) is 0 Å². The lowest BCUT2D eigenvalue weighted by Gasteiger charge is -2.16. The monoisotopic (exact) mass is 235 g/mol. The van der Waals surface area contributed by atoms with Gasteiger partial charge < -0.3 is 4.74 Å². The molecule has 0 unspecified atom stereocenters. The van der Waals surface area contributed by atoms with E-state index in [0.717, 1.165) is 19.3 Å². The summed E-state index contributed by atoms with van der Waals surface area (Å²) < 4.78 is 30.8. The third kappa shape index (κ3) is 3.74. The second kappa shape index (κ2) is 4.80. The Balaban J connectivity index is 2.37. The predicted molar refractivity (Wildman–Crippen MR) is 60.2 cm³/mol. The third-order valence-corrected chi connectivity index (χ3v) is 4.85. The largest absolute Gasteiger partial charge is 0.385 e. The maximum atomic E-state index is 11.5. The van der Waals surface area contributed by atoms with E-state index in [0.29, 0.717) is 13.2 Å². The van der Waals surface area contributed by atoms with E-state index < -0.39 is 10.0 Å². The molecule has 0 bridgehead atoms. The van der Waals surface area contributed by atoms with Crippen LogP contribution in [0.4, 0.5) is 0 Å². The highest BCUT2D eigenvalue weighted by atomic mass is 32.2. The standard InChI is InChI=1S/C10H21NO3S/c1-9(2)15(12,13)11-8-10(4-5-10)6-7-14-3/h9,11H,4-8H2,1-3H3. The Kier molecular flexibility index (Phi) is 4.14. The molecule has 0 radical (unpaired) electrons. The number of methoxy groups -OCH3 is 1. The number of hydrogen-bond acceptors (Lipinski definition) is 3. The van der Waals surface area contributed by atoms with Gasteiger partial charge in [-0.25, -0.2) is 13.1 Å². The van der Waals surface area contributed by atoms with Crippen molar-refractivity contribution in [1.82, 2.24) is 4.72 Å². The van der Waals surface area contributed by atoms with Crippen molar-refractivity contribution < 1.29 is 13.2 Å². The van der Waals surface area contributed by atoms with Crippen molar-refractivity contribution in [3.63, 3.8) is 0 Å². The number of rotatable bonds is 7. The molecule has 1 aliphatic carbocycles. The second-order valence-electron chi connectivity index (χ2n) is 4.66. The summed E-state index contributed by atoms with van der Waals surface area (Å²) in [5, 5.41) is -0.351. The van der Waals surface area contributed by atoms with Crippen molar-refractivity contribution in [2.75, 3.05) is 20.3 Å². The van der Waals surface area contributed by atoms with Crippen LogP contribution in [0.5, 0.6) is 0 Å². The Morgan fingerprint density at radius 1 is 1.40 bits per heavy atom. The molecular weight excluding hydrogens is 214 g/mol. The molecule has 1 aliphatic rings. The minimum Gasteiger partial charge on any atom is -0.385 e. The molecule has 0 aromatic rings. The normalized spacial score (nSPS) is 19.5. The molecule has 1 N–H and O–H groups in total. The molecule has 5 heteroatoms. The maximum Gasteiger partial charge on any atom is 0.213 e. The molecule has 1 rings (SSSR count). The van der Waals surface area contributed by atoms with Crippen LogP contribution in [-0.2, 0) is 14.8 Å². The highest BCUT2D eigenvalue weighted by Crippen LogP contribution is 2.48. The molecule has 0 saturated heterocycles. The fourth-order valence-corrected chi connectivity index (χ4v) is 2.27. The van der Waals surface area contributed by atoms with Gasteiger partial charge in [-0.05, 0) is 38.5 Å². The number of hydrogen-bond donors (Lipinski definition) is 1. The minimum absolute atomic E-state index is 0.179. The van der Waals surface area contributed by atoms with E-state index >= 15 is 0 Å². The lowest BCUT2D eigenvalue weighted by Crippen LogP contribution is -2.35. The molecule has 1 fully saturated rings. The molecule has 15 heavy (non-hydrogen) atoms. The van der Waals surface area contributed by atoms with Crippen LogP contribution in [0.25, 0.3) is 0 Å². The summed E-state index contributed by atoms with van der Waals surface area (Å²) >= 11 is 0. The molecule has 4 nitrogen and oxygen atoms in total. The van der Waals surface area contributed by atoms with E-state index in [1.54, 1.807) is 21.0 Å². The third-order valence-electron chi connectivity index (χ3n) is 3.06. The van der Waals surface area contributed by atoms with Crippen LogP contribution in [0.3, 0.4) is 0 Å². The fourth-order valence-electron chi connectivity index (χ4n) is 1.43. The summed E-state index contributed by atoms with van der Waals surface area (Å²) in [6, 6.07) is 0. The SMILES string of the molecule is COCCC1(CNS(=O)(=O)C(C)C)CC1. The first-order chi connectivity index (χ1) is 6.92. The molecule has 0 atom stereocenters. The molecule has 0 heterocycles. The smallest absolute Gasteiger partial charge is 0.213 e. The molecule has 0 aromatic heterocycles. The van der Waals surface area contributed by atoms with Gasteiger partial charge in [-0.1, -0.05) is 0 Å². The number of nitrogens with one attached hydrogen (secondary N) is 1. The maximum absolute atomic E-state index is 11.5. The minimum atomic E-state index is -3.11. The van der Waals surface area contributed by atoms with E-state index in [4.69, 9.17) is 4.74 Å². The van der Waals surface area contributed by atoms with Crippen molar-refractivity contribution in [3.8, 4) is 0 Å². The summed E-state index contributed by atoms with van der Waals surface area (Å²) in [6.07, 6.45) is 3.16. The molecule has 1 saturated carbocycles. The van der Waals surface area contributed by atoms with E-state index in [1.165, 1.54) is 0 Å². The van der Waals surface area contributed by atoms with Gasteiger partial charge in [0, 0.05) is 20.3 Å². The Hall–Kier alpha value is -0.130. The second-order valence-corrected chi connectivity index (χ2v) is 6.98. The van der Waals surface area contributed by atoms with Gasteiger partial charge in [-0.2, -0.15) is 0 Å². The highest BCUT2D eigenvalue weighted by Gasteiger charge is 2.42. The lowest BCUT2D eigenvalue weighted by molar-refractivity contribution is 0.173. The van der Waals surface area contributed by atoms with Gasteiger partial charge >= 0.3 is 0 Å². The Morgan fingerprint density at radius 3 is 2.40 bits per heavy atom. The molecule has 0 aromatic carbocycles. The number of sulfonamides is 1. The average molecular weight is 235 g/mol. The van der Waals surface area contributed by atoms with Crippen molar-refractivity contribution in [2.24, 2.45) is 5.41 Å². The lowest BCUT2D eigenvalue weighted by atomic mass is 10.0.